The molecule has 0 aromatic heterocycles. The van der Waals surface area contributed by atoms with Gasteiger partial charge in [0.05, 0.1) is 0 Å². The van der Waals surface area contributed by atoms with Crippen molar-refractivity contribution < 1.29 is 14.4 Å². The molecule has 1 aliphatic rings. The molecule has 168 valence electrons. The van der Waals surface area contributed by atoms with Crippen LogP contribution in [-0.4, -0.2) is 48.3 Å². The summed E-state index contributed by atoms with van der Waals surface area (Å²) >= 11 is 5.91. The van der Waals surface area contributed by atoms with Gasteiger partial charge in [-0.25, -0.2) is 0 Å². The third kappa shape index (κ3) is 5.98. The van der Waals surface area contributed by atoms with Crippen LogP contribution in [0.15, 0.2) is 61.2 Å². The number of benzene rings is 2. The van der Waals surface area contributed by atoms with E-state index in [9.17, 15) is 14.4 Å². The fourth-order valence-corrected chi connectivity index (χ4v) is 4.03. The molecule has 3 amide bonds. The summed E-state index contributed by atoms with van der Waals surface area (Å²) in [5, 5.41) is 6.30. The van der Waals surface area contributed by atoms with Crippen LogP contribution in [0.3, 0.4) is 0 Å². The van der Waals surface area contributed by atoms with Crippen molar-refractivity contribution in [3.8, 4) is 0 Å². The van der Waals surface area contributed by atoms with Crippen LogP contribution in [0.25, 0.3) is 0 Å². The lowest BCUT2D eigenvalue weighted by molar-refractivity contribution is -0.124. The Morgan fingerprint density at radius 1 is 1.12 bits per heavy atom. The van der Waals surface area contributed by atoms with Gasteiger partial charge in [0.25, 0.3) is 11.8 Å². The molecular weight excluding hydrogens is 426 g/mol. The van der Waals surface area contributed by atoms with Gasteiger partial charge in [0.1, 0.15) is 6.04 Å². The Labute approximate surface area is 193 Å². The molecule has 0 unspecified atom stereocenters. The van der Waals surface area contributed by atoms with Gasteiger partial charge in [-0.2, -0.15) is 0 Å². The Bertz CT molecular complexity index is 982. The summed E-state index contributed by atoms with van der Waals surface area (Å²) in [6.45, 7) is 6.89. The quantitative estimate of drug-likeness (QED) is 0.629. The number of hydrogen-bond donors (Lipinski definition) is 2. The average Bonchev–Trinajstić information content (AvgIpc) is 2.81. The van der Waals surface area contributed by atoms with Gasteiger partial charge in [-0.15, -0.1) is 6.58 Å². The standard InChI is InChI=1S/C25H28ClN3O3/c1-3-13-27-24(31)22(28-23(30)20-6-4-5-17(2)16-20)18-11-14-29(15-12-18)25(32)19-7-9-21(26)10-8-19/h3-10,16,18,22H,1,11-15H2,2H3,(H,27,31)(H,28,30)/t22-/m1/s1. The van der Waals surface area contributed by atoms with E-state index in [1.807, 2.05) is 19.1 Å². The topological polar surface area (TPSA) is 78.5 Å². The highest BCUT2D eigenvalue weighted by Gasteiger charge is 2.34. The smallest absolute Gasteiger partial charge is 0.253 e. The Morgan fingerprint density at radius 3 is 2.44 bits per heavy atom. The van der Waals surface area contributed by atoms with E-state index >= 15 is 0 Å². The first-order chi connectivity index (χ1) is 15.4. The number of nitrogens with zero attached hydrogens (tertiary/aromatic N) is 1. The minimum atomic E-state index is -0.684. The van der Waals surface area contributed by atoms with Crippen molar-refractivity contribution >= 4 is 29.3 Å². The number of piperidine rings is 1. The van der Waals surface area contributed by atoms with Gasteiger partial charge in [-0.1, -0.05) is 35.4 Å². The zero-order valence-corrected chi connectivity index (χ0v) is 18.9. The normalized spacial score (nSPS) is 15.0. The molecule has 7 heteroatoms. The van der Waals surface area contributed by atoms with E-state index in [4.69, 9.17) is 11.6 Å². The van der Waals surface area contributed by atoms with Crippen LogP contribution >= 0.6 is 11.6 Å². The number of carbonyl (C=O) groups is 3. The molecule has 6 nitrogen and oxygen atoms in total. The van der Waals surface area contributed by atoms with E-state index in [0.717, 1.165) is 5.56 Å². The van der Waals surface area contributed by atoms with Gasteiger partial charge < -0.3 is 15.5 Å². The van der Waals surface area contributed by atoms with Crippen LogP contribution in [0.1, 0.15) is 39.1 Å². The molecule has 0 spiro atoms. The molecular formula is C25H28ClN3O3. The van der Waals surface area contributed by atoms with Crippen molar-refractivity contribution in [3.05, 3.63) is 82.9 Å². The molecule has 0 saturated carbocycles. The predicted octanol–water partition coefficient (Wildman–Crippen LogP) is 3.60. The van der Waals surface area contributed by atoms with Crippen molar-refractivity contribution in [2.75, 3.05) is 19.6 Å². The number of halogens is 1. The number of carbonyl (C=O) groups excluding carboxylic acids is 3. The van der Waals surface area contributed by atoms with Crippen molar-refractivity contribution in [2.24, 2.45) is 5.92 Å². The van der Waals surface area contributed by atoms with Crippen LogP contribution in [0.5, 0.6) is 0 Å². The first kappa shape index (κ1) is 23.5. The molecule has 1 atom stereocenters. The summed E-state index contributed by atoms with van der Waals surface area (Å²) in [4.78, 5) is 40.2. The second-order valence-electron chi connectivity index (χ2n) is 7.99. The Kier molecular flexibility index (Phi) is 8.06. The van der Waals surface area contributed by atoms with Gasteiger partial charge in [0, 0.05) is 35.8 Å². The number of rotatable bonds is 7. The number of hydrogen-bond acceptors (Lipinski definition) is 3. The van der Waals surface area contributed by atoms with Crippen LogP contribution < -0.4 is 10.6 Å². The molecule has 3 rings (SSSR count). The highest BCUT2D eigenvalue weighted by atomic mass is 35.5. The summed E-state index contributed by atoms with van der Waals surface area (Å²) in [6.07, 6.45) is 2.82. The van der Waals surface area contributed by atoms with Gasteiger partial charge in [0.15, 0.2) is 0 Å². The van der Waals surface area contributed by atoms with E-state index in [1.165, 1.54) is 0 Å². The summed E-state index contributed by atoms with van der Waals surface area (Å²) in [5.74, 6) is -0.667. The van der Waals surface area contributed by atoms with Gasteiger partial charge in [0.2, 0.25) is 5.91 Å². The molecule has 32 heavy (non-hydrogen) atoms. The maximum absolute atomic E-state index is 12.8. The van der Waals surface area contributed by atoms with Crippen LogP contribution in [0.2, 0.25) is 5.02 Å². The minimum Gasteiger partial charge on any atom is -0.351 e. The molecule has 2 N–H and O–H groups in total. The maximum atomic E-state index is 12.8. The van der Waals surface area contributed by atoms with E-state index in [-0.39, 0.29) is 23.6 Å². The molecule has 0 bridgehead atoms. The SMILES string of the molecule is C=CCNC(=O)[C@H](NC(=O)c1cccc(C)c1)C1CCN(C(=O)c2ccc(Cl)cc2)CC1. The van der Waals surface area contributed by atoms with E-state index in [0.29, 0.717) is 48.6 Å². The lowest BCUT2D eigenvalue weighted by atomic mass is 9.88. The number of nitrogens with one attached hydrogen (secondary N) is 2. The largest absolute Gasteiger partial charge is 0.351 e. The minimum absolute atomic E-state index is 0.0587. The molecule has 0 aliphatic carbocycles. The Balaban J connectivity index is 1.68. The van der Waals surface area contributed by atoms with Crippen molar-refractivity contribution in [2.45, 2.75) is 25.8 Å². The first-order valence-electron chi connectivity index (χ1n) is 10.7. The van der Waals surface area contributed by atoms with Crippen LogP contribution in [-0.2, 0) is 4.79 Å². The monoisotopic (exact) mass is 453 g/mol. The summed E-state index contributed by atoms with van der Waals surface area (Å²) < 4.78 is 0. The van der Waals surface area contributed by atoms with Gasteiger partial charge in [-0.3, -0.25) is 14.4 Å². The molecule has 0 radical (unpaired) electrons. The fraction of sp³-hybridized carbons (Fsp3) is 0.320. The van der Waals surface area contributed by atoms with Gasteiger partial charge >= 0.3 is 0 Å². The highest BCUT2D eigenvalue weighted by molar-refractivity contribution is 6.30. The molecule has 1 saturated heterocycles. The number of likely N-dealkylation sites (tertiary alicyclic amines) is 1. The predicted molar refractivity (Wildman–Crippen MR) is 126 cm³/mol. The average molecular weight is 454 g/mol. The number of amides is 3. The van der Waals surface area contributed by atoms with Crippen molar-refractivity contribution in [1.82, 2.24) is 15.5 Å². The lowest BCUT2D eigenvalue weighted by Gasteiger charge is -2.35. The third-order valence-electron chi connectivity index (χ3n) is 5.66. The third-order valence-corrected chi connectivity index (χ3v) is 5.91. The molecule has 1 aliphatic heterocycles. The van der Waals surface area contributed by atoms with Gasteiger partial charge in [-0.05, 0) is 62.1 Å². The van der Waals surface area contributed by atoms with E-state index in [1.54, 1.807) is 47.4 Å². The molecule has 2 aromatic rings. The Hall–Kier alpha value is -3.12. The molecule has 1 fully saturated rings. The van der Waals surface area contributed by atoms with Crippen molar-refractivity contribution in [3.63, 3.8) is 0 Å². The van der Waals surface area contributed by atoms with Crippen LogP contribution in [0, 0.1) is 12.8 Å². The van der Waals surface area contributed by atoms with Crippen LogP contribution in [0.4, 0.5) is 0 Å². The van der Waals surface area contributed by atoms with E-state index < -0.39 is 6.04 Å². The zero-order valence-electron chi connectivity index (χ0n) is 18.1. The summed E-state index contributed by atoms with van der Waals surface area (Å²) in [5.41, 5.74) is 2.07. The lowest BCUT2D eigenvalue weighted by Crippen LogP contribution is -2.53. The van der Waals surface area contributed by atoms with E-state index in [2.05, 4.69) is 17.2 Å². The zero-order chi connectivity index (χ0) is 23.1. The second-order valence-corrected chi connectivity index (χ2v) is 8.43. The highest BCUT2D eigenvalue weighted by Crippen LogP contribution is 2.23. The first-order valence-corrected chi connectivity index (χ1v) is 11.1. The Morgan fingerprint density at radius 2 is 1.81 bits per heavy atom. The molecule has 2 aromatic carbocycles. The summed E-state index contributed by atoms with van der Waals surface area (Å²) in [7, 11) is 0. The summed E-state index contributed by atoms with van der Waals surface area (Å²) in [6, 6.07) is 13.4. The second kappa shape index (κ2) is 11.0. The van der Waals surface area contributed by atoms with Crippen molar-refractivity contribution in [1.29, 1.82) is 0 Å². The number of aryl methyl sites for hydroxylation is 1. The fourth-order valence-electron chi connectivity index (χ4n) is 3.90. The maximum Gasteiger partial charge on any atom is 0.253 e. The molecule has 1 heterocycles.